The van der Waals surface area contributed by atoms with Crippen LogP contribution >= 0.6 is 0 Å². The number of aromatic amines is 1. The van der Waals surface area contributed by atoms with Gasteiger partial charge in [-0.15, -0.1) is 0 Å². The Morgan fingerprint density at radius 3 is 2.64 bits per heavy atom. The molecule has 4 N–H and O–H groups in total. The van der Waals surface area contributed by atoms with Crippen LogP contribution in [0.25, 0.3) is 11.2 Å². The van der Waals surface area contributed by atoms with Gasteiger partial charge in [-0.2, -0.15) is 5.26 Å². The third kappa shape index (κ3) is 3.53. The summed E-state index contributed by atoms with van der Waals surface area (Å²) in [6, 6.07) is 9.49. The summed E-state index contributed by atoms with van der Waals surface area (Å²) >= 11 is 0. The van der Waals surface area contributed by atoms with Crippen LogP contribution in [0.3, 0.4) is 0 Å². The van der Waals surface area contributed by atoms with Crippen molar-refractivity contribution in [1.29, 1.82) is 5.26 Å². The maximum atomic E-state index is 13.2. The molecule has 2 unspecified atom stereocenters. The van der Waals surface area contributed by atoms with Crippen LogP contribution in [0, 0.1) is 29.1 Å². The molecule has 4 saturated carbocycles. The minimum absolute atomic E-state index is 0.215. The average Bonchev–Trinajstić information content (AvgIpc) is 3.28. The number of nitriles is 1. The predicted octanol–water partition coefficient (Wildman–Crippen LogP) is 3.11. The Bertz CT molecular complexity index is 1240. The predicted molar refractivity (Wildman–Crippen MR) is 122 cm³/mol. The smallest absolute Gasteiger partial charge is 0.255 e. The van der Waals surface area contributed by atoms with Gasteiger partial charge in [-0.1, -0.05) is 12.1 Å². The average molecular weight is 443 g/mol. The summed E-state index contributed by atoms with van der Waals surface area (Å²) in [5.41, 5.74) is 3.52. The van der Waals surface area contributed by atoms with Crippen LogP contribution < -0.4 is 10.6 Å². The van der Waals surface area contributed by atoms with Crippen molar-refractivity contribution >= 4 is 22.8 Å². The molecule has 0 saturated heterocycles. The number of carbonyl (C=O) groups is 1. The van der Waals surface area contributed by atoms with Crippen LogP contribution in [0.2, 0.25) is 0 Å². The quantitative estimate of drug-likeness (QED) is 0.481. The highest BCUT2D eigenvalue weighted by molar-refractivity contribution is 6.05. The number of nitrogens with zero attached hydrogens (tertiary/aromatic N) is 3. The lowest BCUT2D eigenvalue weighted by atomic mass is 9.52. The van der Waals surface area contributed by atoms with E-state index in [1.54, 1.807) is 24.7 Å². The van der Waals surface area contributed by atoms with Gasteiger partial charge in [-0.3, -0.25) is 4.79 Å². The summed E-state index contributed by atoms with van der Waals surface area (Å²) in [5.74, 6) is 1.21. The molecule has 8 heteroatoms. The fourth-order valence-corrected chi connectivity index (χ4v) is 6.57. The molecule has 4 aliphatic carbocycles. The SMILES string of the molecule is N#Cc1ccc(CNC(=O)c2cnc3nc[nH]c3c2NC2C3CC4CC2CC(O)(C4)C3)cc1. The van der Waals surface area contributed by atoms with E-state index in [9.17, 15) is 9.90 Å². The Kier molecular flexibility index (Phi) is 4.63. The minimum atomic E-state index is -0.502. The zero-order valence-electron chi connectivity index (χ0n) is 18.2. The van der Waals surface area contributed by atoms with Crippen LogP contribution in [0.1, 0.15) is 53.6 Å². The number of benzene rings is 1. The molecule has 2 aromatic heterocycles. The molecule has 1 amide bonds. The van der Waals surface area contributed by atoms with Crippen LogP contribution in [0.5, 0.6) is 0 Å². The standard InChI is InChI=1S/C25H26N6O2/c26-10-14-1-3-15(4-2-14)11-28-24(32)19-12-27-23-22(29-13-30-23)21(19)31-20-17-5-16-6-18(20)9-25(33,7-16)8-17/h1-4,12-13,16-18,20,33H,5-9,11H2,(H,28,32)(H2,27,29,30,31). The van der Waals surface area contributed by atoms with Gasteiger partial charge >= 0.3 is 0 Å². The summed E-state index contributed by atoms with van der Waals surface area (Å²) in [6.45, 7) is 0.356. The molecular weight excluding hydrogens is 416 g/mol. The third-order valence-corrected chi connectivity index (χ3v) is 7.79. The van der Waals surface area contributed by atoms with Crippen LogP contribution in [-0.4, -0.2) is 37.6 Å². The Morgan fingerprint density at radius 2 is 1.94 bits per heavy atom. The third-order valence-electron chi connectivity index (χ3n) is 7.79. The van der Waals surface area contributed by atoms with Gasteiger partial charge in [-0.05, 0) is 67.6 Å². The second kappa shape index (κ2) is 7.56. The Labute approximate surface area is 191 Å². The maximum absolute atomic E-state index is 13.2. The van der Waals surface area contributed by atoms with Gasteiger partial charge < -0.3 is 20.7 Å². The second-order valence-corrected chi connectivity index (χ2v) is 10.0. The lowest BCUT2D eigenvalue weighted by Crippen LogP contribution is -2.59. The number of carbonyl (C=O) groups excluding carboxylic acids is 1. The van der Waals surface area contributed by atoms with Gasteiger partial charge in [0.1, 0.15) is 5.52 Å². The molecule has 4 aliphatic rings. The summed E-state index contributed by atoms with van der Waals surface area (Å²) in [4.78, 5) is 25.0. The van der Waals surface area contributed by atoms with Crippen molar-refractivity contribution in [2.24, 2.45) is 17.8 Å². The highest BCUT2D eigenvalue weighted by atomic mass is 16.3. The summed E-state index contributed by atoms with van der Waals surface area (Å²) in [5, 5.41) is 26.6. The van der Waals surface area contributed by atoms with Gasteiger partial charge in [0.25, 0.3) is 5.91 Å². The molecule has 1 aromatic carbocycles. The van der Waals surface area contributed by atoms with Gasteiger partial charge in [0.15, 0.2) is 5.65 Å². The van der Waals surface area contributed by atoms with Gasteiger partial charge in [-0.25, -0.2) is 9.97 Å². The van der Waals surface area contributed by atoms with Crippen LogP contribution in [0.15, 0.2) is 36.8 Å². The number of imidazole rings is 1. The van der Waals surface area contributed by atoms with E-state index in [0.29, 0.717) is 41.1 Å². The highest BCUT2D eigenvalue weighted by Gasteiger charge is 2.54. The first-order valence-corrected chi connectivity index (χ1v) is 11.6. The molecule has 8 nitrogen and oxygen atoms in total. The Balaban J connectivity index is 1.27. The summed E-state index contributed by atoms with van der Waals surface area (Å²) in [7, 11) is 0. The molecule has 168 valence electrons. The van der Waals surface area contributed by atoms with Crippen molar-refractivity contribution in [1.82, 2.24) is 20.3 Å². The molecule has 33 heavy (non-hydrogen) atoms. The minimum Gasteiger partial charge on any atom is -0.390 e. The number of H-pyrrole nitrogens is 1. The summed E-state index contributed by atoms with van der Waals surface area (Å²) < 4.78 is 0. The van der Waals surface area contributed by atoms with Crippen molar-refractivity contribution in [3.05, 3.63) is 53.5 Å². The lowest BCUT2D eigenvalue weighted by Gasteiger charge is -2.58. The first kappa shape index (κ1) is 20.2. The van der Waals surface area contributed by atoms with E-state index in [4.69, 9.17) is 5.26 Å². The van der Waals surface area contributed by atoms with E-state index in [0.717, 1.165) is 48.9 Å². The molecule has 0 aliphatic heterocycles. The van der Waals surface area contributed by atoms with E-state index in [-0.39, 0.29) is 11.9 Å². The number of nitrogens with one attached hydrogen (secondary N) is 3. The highest BCUT2D eigenvalue weighted by Crippen LogP contribution is 2.56. The van der Waals surface area contributed by atoms with Crippen molar-refractivity contribution in [3.63, 3.8) is 0 Å². The molecule has 0 radical (unpaired) electrons. The number of fused-ring (bicyclic) bond motifs is 1. The van der Waals surface area contributed by atoms with Gasteiger partial charge in [0, 0.05) is 18.8 Å². The number of rotatable bonds is 5. The molecule has 4 bridgehead atoms. The molecule has 4 fully saturated rings. The largest absolute Gasteiger partial charge is 0.390 e. The summed E-state index contributed by atoms with van der Waals surface area (Å²) in [6.07, 6.45) is 8.05. The van der Waals surface area contributed by atoms with Crippen molar-refractivity contribution in [3.8, 4) is 6.07 Å². The first-order chi connectivity index (χ1) is 16.0. The van der Waals surface area contributed by atoms with E-state index < -0.39 is 5.60 Å². The molecular formula is C25H26N6O2. The normalized spacial score (nSPS) is 29.7. The van der Waals surface area contributed by atoms with E-state index >= 15 is 0 Å². The molecule has 2 atom stereocenters. The van der Waals surface area contributed by atoms with Crippen molar-refractivity contribution < 1.29 is 9.90 Å². The van der Waals surface area contributed by atoms with E-state index in [1.807, 2.05) is 12.1 Å². The number of hydrogen-bond donors (Lipinski definition) is 4. The van der Waals surface area contributed by atoms with Gasteiger partial charge in [0.05, 0.1) is 34.8 Å². The van der Waals surface area contributed by atoms with E-state index in [1.165, 1.54) is 0 Å². The lowest BCUT2D eigenvalue weighted by molar-refractivity contribution is -0.129. The monoisotopic (exact) mass is 442 g/mol. The van der Waals surface area contributed by atoms with Crippen LogP contribution in [0.4, 0.5) is 5.69 Å². The van der Waals surface area contributed by atoms with Crippen molar-refractivity contribution in [2.75, 3.05) is 5.32 Å². The fourth-order valence-electron chi connectivity index (χ4n) is 6.57. The van der Waals surface area contributed by atoms with Crippen LogP contribution in [-0.2, 0) is 6.54 Å². The number of aromatic nitrogens is 3. The Hall–Kier alpha value is -3.44. The van der Waals surface area contributed by atoms with E-state index in [2.05, 4.69) is 31.7 Å². The zero-order valence-corrected chi connectivity index (χ0v) is 18.2. The molecule has 0 spiro atoms. The molecule has 3 aromatic rings. The zero-order chi connectivity index (χ0) is 22.6. The number of hydrogen-bond acceptors (Lipinski definition) is 6. The molecule has 2 heterocycles. The number of amides is 1. The maximum Gasteiger partial charge on any atom is 0.255 e. The molecule has 7 rings (SSSR count). The number of pyridine rings is 1. The topological polar surface area (TPSA) is 127 Å². The van der Waals surface area contributed by atoms with Crippen molar-refractivity contribution in [2.45, 2.75) is 50.3 Å². The van der Waals surface area contributed by atoms with Gasteiger partial charge in [0.2, 0.25) is 0 Å². The second-order valence-electron chi connectivity index (χ2n) is 10.0. The fraction of sp³-hybridized carbons (Fsp3) is 0.440. The number of aliphatic hydroxyl groups is 1. The Morgan fingerprint density at radius 1 is 1.18 bits per heavy atom. The number of anilines is 1. The first-order valence-electron chi connectivity index (χ1n) is 11.6.